The predicted octanol–water partition coefficient (Wildman–Crippen LogP) is 1.71. The average molecular weight is 237 g/mol. The minimum absolute atomic E-state index is 0.126. The van der Waals surface area contributed by atoms with Gasteiger partial charge in [0.15, 0.2) is 0 Å². The lowest BCUT2D eigenvalue weighted by molar-refractivity contribution is 0.00697. The molecule has 1 fully saturated rings. The molecule has 0 bridgehead atoms. The van der Waals surface area contributed by atoms with E-state index < -0.39 is 0 Å². The van der Waals surface area contributed by atoms with Crippen LogP contribution >= 0.6 is 0 Å². The van der Waals surface area contributed by atoms with E-state index >= 15 is 0 Å². The first kappa shape index (κ1) is 12.2. The second kappa shape index (κ2) is 5.89. The lowest BCUT2D eigenvalue weighted by atomic mass is 10.1. The molecule has 0 aliphatic carbocycles. The zero-order valence-electron chi connectivity index (χ0n) is 10.1. The van der Waals surface area contributed by atoms with E-state index in [4.69, 9.17) is 19.9 Å². The summed E-state index contributed by atoms with van der Waals surface area (Å²) in [5, 5.41) is 0. The summed E-state index contributed by atoms with van der Waals surface area (Å²) in [6.07, 6.45) is 2.20. The Hall–Kier alpha value is -1.26. The maximum atomic E-state index is 5.93. The first-order valence-electron chi connectivity index (χ1n) is 5.95. The molecule has 1 aromatic carbocycles. The minimum atomic E-state index is 0.126. The molecule has 0 radical (unpaired) electrons. The summed E-state index contributed by atoms with van der Waals surface area (Å²) in [7, 11) is 1.64. The van der Waals surface area contributed by atoms with Crippen molar-refractivity contribution in [2.24, 2.45) is 5.73 Å². The first-order valence-corrected chi connectivity index (χ1v) is 5.95. The Morgan fingerprint density at radius 3 is 3.00 bits per heavy atom. The van der Waals surface area contributed by atoms with Gasteiger partial charge in [0.2, 0.25) is 0 Å². The molecule has 2 rings (SSSR count). The summed E-state index contributed by atoms with van der Waals surface area (Å²) < 4.78 is 16.5. The molecule has 0 amide bonds. The number of benzene rings is 1. The third kappa shape index (κ3) is 3.11. The van der Waals surface area contributed by atoms with Crippen LogP contribution in [0, 0.1) is 0 Å². The van der Waals surface area contributed by atoms with Crippen LogP contribution in [0.4, 0.5) is 0 Å². The summed E-state index contributed by atoms with van der Waals surface area (Å²) in [5.74, 6) is 1.59. The Balaban J connectivity index is 2.11. The normalized spacial score (nSPS) is 20.0. The SMILES string of the molecule is COc1ccc(CN)c(OC2CCCOC2)c1. The Labute approximate surface area is 102 Å². The van der Waals surface area contributed by atoms with Crippen molar-refractivity contribution >= 4 is 0 Å². The Bertz CT molecular complexity index is 362. The fraction of sp³-hybridized carbons (Fsp3) is 0.538. The third-order valence-corrected chi connectivity index (χ3v) is 2.91. The van der Waals surface area contributed by atoms with Gasteiger partial charge in [0.25, 0.3) is 0 Å². The second-order valence-corrected chi connectivity index (χ2v) is 4.13. The quantitative estimate of drug-likeness (QED) is 0.866. The lowest BCUT2D eigenvalue weighted by Crippen LogP contribution is -2.28. The fourth-order valence-corrected chi connectivity index (χ4v) is 1.92. The van der Waals surface area contributed by atoms with Crippen LogP contribution in [0.5, 0.6) is 11.5 Å². The topological polar surface area (TPSA) is 53.7 Å². The standard InChI is InChI=1S/C13H19NO3/c1-15-11-5-4-10(8-14)13(7-11)17-12-3-2-6-16-9-12/h4-5,7,12H,2-3,6,8-9,14H2,1H3. The summed E-state index contributed by atoms with van der Waals surface area (Å²) in [6, 6.07) is 5.72. The van der Waals surface area contributed by atoms with Gasteiger partial charge >= 0.3 is 0 Å². The number of hydrogen-bond donors (Lipinski definition) is 1. The van der Waals surface area contributed by atoms with E-state index in [-0.39, 0.29) is 6.10 Å². The molecule has 1 unspecified atom stereocenters. The molecule has 4 nitrogen and oxygen atoms in total. The van der Waals surface area contributed by atoms with Crippen LogP contribution in [0.3, 0.4) is 0 Å². The van der Waals surface area contributed by atoms with Crippen LogP contribution in [0.25, 0.3) is 0 Å². The molecule has 0 saturated carbocycles. The van der Waals surface area contributed by atoms with Gasteiger partial charge in [-0.3, -0.25) is 0 Å². The van der Waals surface area contributed by atoms with Gasteiger partial charge in [-0.1, -0.05) is 6.07 Å². The van der Waals surface area contributed by atoms with Crippen LogP contribution in [-0.2, 0) is 11.3 Å². The molecule has 17 heavy (non-hydrogen) atoms. The number of hydrogen-bond acceptors (Lipinski definition) is 4. The molecule has 1 saturated heterocycles. The molecule has 1 aromatic rings. The molecular formula is C13H19NO3. The van der Waals surface area contributed by atoms with Gasteiger partial charge < -0.3 is 19.9 Å². The Morgan fingerprint density at radius 2 is 2.35 bits per heavy atom. The Kier molecular flexibility index (Phi) is 4.23. The molecule has 0 spiro atoms. The fourth-order valence-electron chi connectivity index (χ4n) is 1.92. The van der Waals surface area contributed by atoms with Gasteiger partial charge in [-0.05, 0) is 18.9 Å². The highest BCUT2D eigenvalue weighted by Gasteiger charge is 2.17. The van der Waals surface area contributed by atoms with E-state index in [1.807, 2.05) is 18.2 Å². The van der Waals surface area contributed by atoms with E-state index in [0.717, 1.165) is 36.5 Å². The summed E-state index contributed by atoms with van der Waals surface area (Å²) in [5.41, 5.74) is 6.69. The monoisotopic (exact) mass is 237 g/mol. The molecule has 2 N–H and O–H groups in total. The summed E-state index contributed by atoms with van der Waals surface area (Å²) in [6.45, 7) is 1.95. The molecular weight excluding hydrogens is 218 g/mol. The number of ether oxygens (including phenoxy) is 3. The van der Waals surface area contributed by atoms with Crippen molar-refractivity contribution in [3.63, 3.8) is 0 Å². The number of nitrogens with two attached hydrogens (primary N) is 1. The zero-order chi connectivity index (χ0) is 12.1. The highest BCUT2D eigenvalue weighted by atomic mass is 16.5. The highest BCUT2D eigenvalue weighted by Crippen LogP contribution is 2.26. The van der Waals surface area contributed by atoms with Crippen LogP contribution in [0.2, 0.25) is 0 Å². The van der Waals surface area contributed by atoms with Gasteiger partial charge in [-0.2, -0.15) is 0 Å². The van der Waals surface area contributed by atoms with Crippen molar-refractivity contribution in [1.29, 1.82) is 0 Å². The van der Waals surface area contributed by atoms with Crippen LogP contribution in [-0.4, -0.2) is 26.4 Å². The van der Waals surface area contributed by atoms with Crippen molar-refractivity contribution in [1.82, 2.24) is 0 Å². The van der Waals surface area contributed by atoms with E-state index in [0.29, 0.717) is 13.2 Å². The zero-order valence-corrected chi connectivity index (χ0v) is 10.1. The minimum Gasteiger partial charge on any atom is -0.497 e. The summed E-state index contributed by atoms with van der Waals surface area (Å²) in [4.78, 5) is 0. The molecule has 94 valence electrons. The molecule has 1 aliphatic rings. The first-order chi connectivity index (χ1) is 8.33. The molecule has 4 heteroatoms. The van der Waals surface area contributed by atoms with Gasteiger partial charge in [0.05, 0.1) is 13.7 Å². The van der Waals surface area contributed by atoms with E-state index in [2.05, 4.69) is 0 Å². The molecule has 0 aromatic heterocycles. The maximum absolute atomic E-state index is 5.93. The second-order valence-electron chi connectivity index (χ2n) is 4.13. The third-order valence-electron chi connectivity index (χ3n) is 2.91. The van der Waals surface area contributed by atoms with Crippen molar-refractivity contribution in [3.05, 3.63) is 23.8 Å². The Morgan fingerprint density at radius 1 is 1.47 bits per heavy atom. The highest BCUT2D eigenvalue weighted by molar-refractivity contribution is 5.40. The van der Waals surface area contributed by atoms with Gasteiger partial charge in [0.1, 0.15) is 17.6 Å². The molecule has 1 atom stereocenters. The molecule has 1 heterocycles. The number of methoxy groups -OCH3 is 1. The largest absolute Gasteiger partial charge is 0.497 e. The lowest BCUT2D eigenvalue weighted by Gasteiger charge is -2.24. The van der Waals surface area contributed by atoms with Crippen molar-refractivity contribution in [3.8, 4) is 11.5 Å². The van der Waals surface area contributed by atoms with Crippen molar-refractivity contribution in [2.75, 3.05) is 20.3 Å². The van der Waals surface area contributed by atoms with Gasteiger partial charge in [-0.15, -0.1) is 0 Å². The average Bonchev–Trinajstić information content (AvgIpc) is 2.40. The van der Waals surface area contributed by atoms with Crippen molar-refractivity contribution in [2.45, 2.75) is 25.5 Å². The number of rotatable bonds is 4. The predicted molar refractivity (Wildman–Crippen MR) is 65.4 cm³/mol. The smallest absolute Gasteiger partial charge is 0.128 e. The maximum Gasteiger partial charge on any atom is 0.128 e. The van der Waals surface area contributed by atoms with Gasteiger partial charge in [0, 0.05) is 24.8 Å². The molecule has 1 aliphatic heterocycles. The van der Waals surface area contributed by atoms with Crippen LogP contribution in [0.15, 0.2) is 18.2 Å². The summed E-state index contributed by atoms with van der Waals surface area (Å²) >= 11 is 0. The van der Waals surface area contributed by atoms with E-state index in [1.165, 1.54) is 0 Å². The van der Waals surface area contributed by atoms with Crippen molar-refractivity contribution < 1.29 is 14.2 Å². The van der Waals surface area contributed by atoms with Crippen LogP contribution < -0.4 is 15.2 Å². The van der Waals surface area contributed by atoms with Crippen LogP contribution in [0.1, 0.15) is 18.4 Å². The van der Waals surface area contributed by atoms with Gasteiger partial charge in [-0.25, -0.2) is 0 Å². The van der Waals surface area contributed by atoms with E-state index in [9.17, 15) is 0 Å². The van der Waals surface area contributed by atoms with E-state index in [1.54, 1.807) is 7.11 Å².